The van der Waals surface area contributed by atoms with Gasteiger partial charge in [-0.25, -0.2) is 0 Å². The van der Waals surface area contributed by atoms with Gasteiger partial charge in [-0.15, -0.1) is 0 Å². The first-order valence-electron chi connectivity index (χ1n) is 8.23. The molecule has 1 fully saturated rings. The highest BCUT2D eigenvalue weighted by molar-refractivity contribution is 5.21. The van der Waals surface area contributed by atoms with Crippen LogP contribution >= 0.6 is 0 Å². The molecule has 1 atom stereocenters. The van der Waals surface area contributed by atoms with Gasteiger partial charge in [0.05, 0.1) is 0 Å². The molecule has 2 rings (SSSR count). The molecule has 1 aliphatic heterocycles. The predicted octanol–water partition coefficient (Wildman–Crippen LogP) is 2.61. The molecule has 0 spiro atoms. The Morgan fingerprint density at radius 3 is 2.14 bits per heavy atom. The van der Waals surface area contributed by atoms with Crippen molar-refractivity contribution >= 4 is 0 Å². The van der Waals surface area contributed by atoms with Crippen LogP contribution in [0.4, 0.5) is 0 Å². The molecule has 0 saturated carbocycles. The van der Waals surface area contributed by atoms with E-state index in [-0.39, 0.29) is 5.41 Å². The summed E-state index contributed by atoms with van der Waals surface area (Å²) in [5.41, 5.74) is 1.60. The van der Waals surface area contributed by atoms with Gasteiger partial charge in [0.2, 0.25) is 0 Å². The third-order valence-corrected chi connectivity index (χ3v) is 4.75. The molecule has 3 heteroatoms. The van der Waals surface area contributed by atoms with E-state index in [2.05, 4.69) is 73.3 Å². The van der Waals surface area contributed by atoms with E-state index in [0.29, 0.717) is 6.04 Å². The highest BCUT2D eigenvalue weighted by Gasteiger charge is 2.32. The fraction of sp³-hybridized carbons (Fsp3) is 0.667. The van der Waals surface area contributed by atoms with Gasteiger partial charge in [-0.3, -0.25) is 0 Å². The molecule has 0 aliphatic carbocycles. The molecular formula is C18H31N3. The lowest BCUT2D eigenvalue weighted by Crippen LogP contribution is -2.50. The predicted molar refractivity (Wildman–Crippen MR) is 90.6 cm³/mol. The molecule has 0 radical (unpaired) electrons. The SMILES string of the molecule is CCN1CCN(CC(C)(C)C(NC)c2ccccc2)CC1. The zero-order valence-electron chi connectivity index (χ0n) is 14.1. The number of nitrogens with one attached hydrogen (secondary N) is 1. The number of nitrogens with zero attached hydrogens (tertiary/aromatic N) is 2. The minimum atomic E-state index is 0.213. The number of likely N-dealkylation sites (N-methyl/N-ethyl adjacent to an activating group) is 1. The molecule has 1 aromatic rings. The first-order chi connectivity index (χ1) is 10.1. The molecule has 118 valence electrons. The van der Waals surface area contributed by atoms with E-state index in [4.69, 9.17) is 0 Å². The van der Waals surface area contributed by atoms with Crippen LogP contribution in [-0.2, 0) is 0 Å². The van der Waals surface area contributed by atoms with Crippen LogP contribution in [0.3, 0.4) is 0 Å². The summed E-state index contributed by atoms with van der Waals surface area (Å²) in [5, 5.41) is 3.53. The summed E-state index contributed by atoms with van der Waals surface area (Å²) in [6.45, 7) is 14.2. The van der Waals surface area contributed by atoms with Crippen LogP contribution in [0.2, 0.25) is 0 Å². The van der Waals surface area contributed by atoms with Gasteiger partial charge < -0.3 is 15.1 Å². The molecule has 1 saturated heterocycles. The topological polar surface area (TPSA) is 18.5 Å². The van der Waals surface area contributed by atoms with Gasteiger partial charge in [-0.2, -0.15) is 0 Å². The smallest absolute Gasteiger partial charge is 0.0381 e. The molecular weight excluding hydrogens is 258 g/mol. The van der Waals surface area contributed by atoms with Crippen molar-refractivity contribution in [2.45, 2.75) is 26.8 Å². The van der Waals surface area contributed by atoms with Crippen LogP contribution in [0.25, 0.3) is 0 Å². The fourth-order valence-corrected chi connectivity index (χ4v) is 3.59. The van der Waals surface area contributed by atoms with E-state index >= 15 is 0 Å². The highest BCUT2D eigenvalue weighted by Crippen LogP contribution is 2.34. The molecule has 21 heavy (non-hydrogen) atoms. The average molecular weight is 289 g/mol. The third kappa shape index (κ3) is 4.29. The van der Waals surface area contributed by atoms with E-state index < -0.39 is 0 Å². The Balaban J connectivity index is 2.00. The lowest BCUT2D eigenvalue weighted by molar-refractivity contribution is 0.0837. The standard InChI is InChI=1S/C18H31N3/c1-5-20-11-13-21(14-12-20)15-18(2,3)17(19-4)16-9-7-6-8-10-16/h6-10,17,19H,5,11-15H2,1-4H3. The molecule has 1 N–H and O–H groups in total. The molecule has 0 aromatic heterocycles. The minimum absolute atomic E-state index is 0.213. The third-order valence-electron chi connectivity index (χ3n) is 4.75. The second-order valence-electron chi connectivity index (χ2n) is 6.83. The summed E-state index contributed by atoms with van der Waals surface area (Å²) in [5.74, 6) is 0. The largest absolute Gasteiger partial charge is 0.313 e. The number of hydrogen-bond donors (Lipinski definition) is 1. The van der Waals surface area contributed by atoms with E-state index in [1.807, 2.05) is 0 Å². The Kier molecular flexibility index (Phi) is 5.80. The van der Waals surface area contributed by atoms with Crippen LogP contribution in [0, 0.1) is 5.41 Å². The van der Waals surface area contributed by atoms with Crippen molar-refractivity contribution in [3.63, 3.8) is 0 Å². The Bertz CT molecular complexity index is 408. The van der Waals surface area contributed by atoms with Crippen molar-refractivity contribution in [1.82, 2.24) is 15.1 Å². The van der Waals surface area contributed by atoms with Crippen LogP contribution in [0.1, 0.15) is 32.4 Å². The summed E-state index contributed by atoms with van der Waals surface area (Å²) in [6, 6.07) is 11.2. The number of benzene rings is 1. The van der Waals surface area contributed by atoms with E-state index in [1.165, 1.54) is 38.3 Å². The van der Waals surface area contributed by atoms with Crippen LogP contribution in [0.15, 0.2) is 30.3 Å². The summed E-state index contributed by atoms with van der Waals surface area (Å²) >= 11 is 0. The Morgan fingerprint density at radius 1 is 1.05 bits per heavy atom. The van der Waals surface area contributed by atoms with E-state index in [9.17, 15) is 0 Å². The quantitative estimate of drug-likeness (QED) is 0.868. The molecule has 1 aliphatic rings. The van der Waals surface area contributed by atoms with Crippen molar-refractivity contribution in [2.75, 3.05) is 46.3 Å². The van der Waals surface area contributed by atoms with Crippen LogP contribution in [0.5, 0.6) is 0 Å². The summed E-state index contributed by atoms with van der Waals surface area (Å²) in [4.78, 5) is 5.16. The van der Waals surface area contributed by atoms with Crippen molar-refractivity contribution in [2.24, 2.45) is 5.41 Å². The van der Waals surface area contributed by atoms with Crippen molar-refractivity contribution < 1.29 is 0 Å². The molecule has 1 aromatic carbocycles. The van der Waals surface area contributed by atoms with Crippen LogP contribution < -0.4 is 5.32 Å². The van der Waals surface area contributed by atoms with E-state index in [1.54, 1.807) is 0 Å². The van der Waals surface area contributed by atoms with Gasteiger partial charge in [0, 0.05) is 38.8 Å². The average Bonchev–Trinajstić information content (AvgIpc) is 2.49. The molecule has 1 unspecified atom stereocenters. The molecule has 0 bridgehead atoms. The maximum Gasteiger partial charge on any atom is 0.0381 e. The van der Waals surface area contributed by atoms with Crippen LogP contribution in [-0.4, -0.2) is 56.1 Å². The minimum Gasteiger partial charge on any atom is -0.313 e. The lowest BCUT2D eigenvalue weighted by atomic mass is 9.80. The van der Waals surface area contributed by atoms with Crippen molar-refractivity contribution in [3.05, 3.63) is 35.9 Å². The summed E-state index contributed by atoms with van der Waals surface area (Å²) < 4.78 is 0. The van der Waals surface area contributed by atoms with Gasteiger partial charge >= 0.3 is 0 Å². The second-order valence-corrected chi connectivity index (χ2v) is 6.83. The number of piperazine rings is 1. The van der Waals surface area contributed by atoms with Gasteiger partial charge in [0.1, 0.15) is 0 Å². The normalized spacial score (nSPS) is 19.6. The van der Waals surface area contributed by atoms with E-state index in [0.717, 1.165) is 6.54 Å². The molecule has 3 nitrogen and oxygen atoms in total. The Hall–Kier alpha value is -0.900. The first-order valence-corrected chi connectivity index (χ1v) is 8.23. The Morgan fingerprint density at radius 2 is 1.62 bits per heavy atom. The fourth-order valence-electron chi connectivity index (χ4n) is 3.59. The second kappa shape index (κ2) is 7.39. The molecule has 1 heterocycles. The van der Waals surface area contributed by atoms with Gasteiger partial charge in [0.15, 0.2) is 0 Å². The number of rotatable bonds is 6. The van der Waals surface area contributed by atoms with Crippen molar-refractivity contribution in [3.8, 4) is 0 Å². The van der Waals surface area contributed by atoms with Crippen molar-refractivity contribution in [1.29, 1.82) is 0 Å². The zero-order chi connectivity index (χ0) is 15.3. The monoisotopic (exact) mass is 289 g/mol. The Labute approximate surface area is 130 Å². The maximum absolute atomic E-state index is 3.53. The summed E-state index contributed by atoms with van der Waals surface area (Å²) in [6.07, 6.45) is 0. The maximum atomic E-state index is 3.53. The molecule has 0 amide bonds. The van der Waals surface area contributed by atoms with Gasteiger partial charge in [-0.05, 0) is 24.6 Å². The van der Waals surface area contributed by atoms with Gasteiger partial charge in [-0.1, -0.05) is 51.1 Å². The number of hydrogen-bond acceptors (Lipinski definition) is 3. The highest BCUT2D eigenvalue weighted by atomic mass is 15.3. The zero-order valence-corrected chi connectivity index (χ0v) is 14.1. The summed E-state index contributed by atoms with van der Waals surface area (Å²) in [7, 11) is 2.08. The van der Waals surface area contributed by atoms with Gasteiger partial charge in [0.25, 0.3) is 0 Å². The first kappa shape index (κ1) is 16.5. The lowest BCUT2D eigenvalue weighted by Gasteiger charge is -2.42.